The average molecular weight is 304 g/mol. The summed E-state index contributed by atoms with van der Waals surface area (Å²) in [5, 5.41) is 0.651. The van der Waals surface area contributed by atoms with Gasteiger partial charge in [-0.25, -0.2) is 8.78 Å². The van der Waals surface area contributed by atoms with Crippen LogP contribution in [0.5, 0.6) is 0 Å². The largest absolute Gasteiger partial charge is 0.335 e. The van der Waals surface area contributed by atoms with Gasteiger partial charge in [-0.2, -0.15) is 0 Å². The van der Waals surface area contributed by atoms with Gasteiger partial charge in [-0.1, -0.05) is 15.9 Å². The highest BCUT2D eigenvalue weighted by Gasteiger charge is 2.33. The molecule has 0 atom stereocenters. The normalized spacial score (nSPS) is 14.8. The zero-order valence-electron chi connectivity index (χ0n) is 9.13. The van der Waals surface area contributed by atoms with E-state index < -0.39 is 11.6 Å². The van der Waals surface area contributed by atoms with Crippen LogP contribution < -0.4 is 0 Å². The van der Waals surface area contributed by atoms with Crippen LogP contribution in [0.3, 0.4) is 0 Å². The molecule has 0 saturated heterocycles. The van der Waals surface area contributed by atoms with Gasteiger partial charge in [-0.05, 0) is 25.0 Å². The second-order valence-corrected chi connectivity index (χ2v) is 4.84. The number of hydrogen-bond donors (Lipinski definition) is 0. The fourth-order valence-electron chi connectivity index (χ4n) is 1.74. The van der Waals surface area contributed by atoms with Crippen LogP contribution in [0.4, 0.5) is 8.78 Å². The smallest absolute Gasteiger partial charge is 0.257 e. The third-order valence-electron chi connectivity index (χ3n) is 2.74. The Morgan fingerprint density at radius 3 is 2.65 bits per heavy atom. The first-order valence-corrected chi connectivity index (χ1v) is 6.57. The van der Waals surface area contributed by atoms with Crippen molar-refractivity contribution < 1.29 is 13.6 Å². The van der Waals surface area contributed by atoms with Crippen LogP contribution >= 0.6 is 15.9 Å². The molecule has 1 amide bonds. The van der Waals surface area contributed by atoms with Gasteiger partial charge in [0.05, 0.1) is 5.56 Å². The van der Waals surface area contributed by atoms with Crippen molar-refractivity contribution in [1.82, 2.24) is 4.90 Å². The number of hydrogen-bond acceptors (Lipinski definition) is 1. The molecule has 0 unspecified atom stereocenters. The first-order valence-electron chi connectivity index (χ1n) is 5.45. The predicted molar refractivity (Wildman–Crippen MR) is 64.2 cm³/mol. The molecular formula is C12H12BrF2NO. The van der Waals surface area contributed by atoms with E-state index in [-0.39, 0.29) is 17.5 Å². The Hall–Kier alpha value is -0.970. The van der Waals surface area contributed by atoms with Crippen LogP contribution in [0.1, 0.15) is 23.2 Å². The second kappa shape index (κ2) is 5.12. The lowest BCUT2D eigenvalue weighted by atomic mass is 10.1. The third kappa shape index (κ3) is 2.83. The summed E-state index contributed by atoms with van der Waals surface area (Å²) in [5.74, 6) is -1.82. The van der Waals surface area contributed by atoms with Crippen molar-refractivity contribution in [3.8, 4) is 0 Å². The summed E-state index contributed by atoms with van der Waals surface area (Å²) in [6.07, 6.45) is 1.92. The van der Waals surface area contributed by atoms with E-state index in [9.17, 15) is 13.6 Å². The molecule has 0 aromatic heterocycles. The van der Waals surface area contributed by atoms with E-state index in [4.69, 9.17) is 0 Å². The van der Waals surface area contributed by atoms with Crippen LogP contribution in [0.25, 0.3) is 0 Å². The number of halogens is 3. The number of nitrogens with zero attached hydrogens (tertiary/aromatic N) is 1. The lowest BCUT2D eigenvalue weighted by Gasteiger charge is -2.21. The quantitative estimate of drug-likeness (QED) is 0.783. The molecule has 17 heavy (non-hydrogen) atoms. The number of rotatable bonds is 4. The molecule has 1 saturated carbocycles. The lowest BCUT2D eigenvalue weighted by Crippen LogP contribution is -2.35. The van der Waals surface area contributed by atoms with Gasteiger partial charge in [-0.15, -0.1) is 0 Å². The Morgan fingerprint density at radius 2 is 2.12 bits per heavy atom. The number of benzene rings is 1. The lowest BCUT2D eigenvalue weighted by molar-refractivity contribution is 0.0750. The van der Waals surface area contributed by atoms with E-state index in [2.05, 4.69) is 15.9 Å². The van der Waals surface area contributed by atoms with Crippen LogP contribution in [0.2, 0.25) is 0 Å². The molecule has 0 spiro atoms. The third-order valence-corrected chi connectivity index (χ3v) is 3.09. The van der Waals surface area contributed by atoms with Crippen LogP contribution in [-0.4, -0.2) is 28.7 Å². The highest BCUT2D eigenvalue weighted by atomic mass is 79.9. The Kier molecular flexibility index (Phi) is 3.76. The van der Waals surface area contributed by atoms with Gasteiger partial charge in [-0.3, -0.25) is 4.79 Å². The van der Waals surface area contributed by atoms with Crippen molar-refractivity contribution in [2.24, 2.45) is 0 Å². The van der Waals surface area contributed by atoms with Gasteiger partial charge in [0.1, 0.15) is 11.6 Å². The first-order chi connectivity index (χ1) is 8.13. The summed E-state index contributed by atoms with van der Waals surface area (Å²) in [5.41, 5.74) is -0.0562. The molecule has 0 heterocycles. The molecule has 2 nitrogen and oxygen atoms in total. The summed E-state index contributed by atoms with van der Waals surface area (Å²) in [6, 6.07) is 3.27. The van der Waals surface area contributed by atoms with Crippen molar-refractivity contribution in [3.63, 3.8) is 0 Å². The van der Waals surface area contributed by atoms with E-state index in [1.54, 1.807) is 4.90 Å². The highest BCUT2D eigenvalue weighted by molar-refractivity contribution is 9.09. The summed E-state index contributed by atoms with van der Waals surface area (Å²) in [6.45, 7) is 0.542. The van der Waals surface area contributed by atoms with Crippen LogP contribution in [0, 0.1) is 11.6 Å². The molecule has 0 aliphatic heterocycles. The zero-order valence-corrected chi connectivity index (χ0v) is 10.7. The van der Waals surface area contributed by atoms with Gasteiger partial charge in [0.15, 0.2) is 0 Å². The number of carbonyl (C=O) groups excluding carboxylic acids is 1. The maximum absolute atomic E-state index is 13.5. The summed E-state index contributed by atoms with van der Waals surface area (Å²) in [7, 11) is 0. The van der Waals surface area contributed by atoms with E-state index in [0.29, 0.717) is 11.9 Å². The van der Waals surface area contributed by atoms with Crippen molar-refractivity contribution in [2.45, 2.75) is 18.9 Å². The molecular weight excluding hydrogens is 292 g/mol. The maximum Gasteiger partial charge on any atom is 0.257 e. The Morgan fingerprint density at radius 1 is 1.41 bits per heavy atom. The van der Waals surface area contributed by atoms with Crippen LogP contribution in [0.15, 0.2) is 18.2 Å². The summed E-state index contributed by atoms with van der Waals surface area (Å²) < 4.78 is 26.2. The van der Waals surface area contributed by atoms with Gasteiger partial charge in [0.2, 0.25) is 0 Å². The Balaban J connectivity index is 2.22. The first kappa shape index (κ1) is 12.5. The second-order valence-electron chi connectivity index (χ2n) is 4.04. The molecule has 1 fully saturated rings. The van der Waals surface area contributed by atoms with Crippen molar-refractivity contribution >= 4 is 21.8 Å². The molecule has 1 aliphatic rings. The monoisotopic (exact) mass is 303 g/mol. The summed E-state index contributed by atoms with van der Waals surface area (Å²) >= 11 is 3.27. The van der Waals surface area contributed by atoms with Gasteiger partial charge >= 0.3 is 0 Å². The van der Waals surface area contributed by atoms with Crippen molar-refractivity contribution in [3.05, 3.63) is 35.4 Å². The van der Waals surface area contributed by atoms with Crippen LogP contribution in [-0.2, 0) is 0 Å². The van der Waals surface area contributed by atoms with E-state index >= 15 is 0 Å². The maximum atomic E-state index is 13.5. The standard InChI is InChI=1S/C12H12BrF2NO/c13-5-6-16(9-2-3-9)12(17)10-4-1-8(14)7-11(10)15/h1,4,7,9H,2-3,5-6H2. The van der Waals surface area contributed by atoms with E-state index in [1.165, 1.54) is 6.07 Å². The zero-order chi connectivity index (χ0) is 12.4. The SMILES string of the molecule is O=C(c1ccc(F)cc1F)N(CCBr)C1CC1. The molecule has 2 rings (SSSR count). The van der Waals surface area contributed by atoms with E-state index in [0.717, 1.165) is 25.0 Å². The fourth-order valence-corrected chi connectivity index (χ4v) is 2.13. The Labute approximate surface area is 107 Å². The predicted octanol–water partition coefficient (Wildman–Crippen LogP) is 2.96. The molecule has 1 aliphatic carbocycles. The molecule has 0 radical (unpaired) electrons. The highest BCUT2D eigenvalue weighted by Crippen LogP contribution is 2.28. The van der Waals surface area contributed by atoms with Crippen molar-refractivity contribution in [1.29, 1.82) is 0 Å². The Bertz CT molecular complexity index is 435. The minimum Gasteiger partial charge on any atom is -0.335 e. The number of alkyl halides is 1. The molecule has 1 aromatic rings. The van der Waals surface area contributed by atoms with Gasteiger partial charge in [0, 0.05) is 24.0 Å². The molecule has 1 aromatic carbocycles. The molecule has 0 N–H and O–H groups in total. The number of carbonyl (C=O) groups is 1. The fraction of sp³-hybridized carbons (Fsp3) is 0.417. The van der Waals surface area contributed by atoms with Crippen molar-refractivity contribution in [2.75, 3.05) is 11.9 Å². The topological polar surface area (TPSA) is 20.3 Å². The molecule has 0 bridgehead atoms. The van der Waals surface area contributed by atoms with E-state index in [1.807, 2.05) is 0 Å². The minimum atomic E-state index is -0.796. The molecule has 5 heteroatoms. The van der Waals surface area contributed by atoms with Gasteiger partial charge in [0.25, 0.3) is 5.91 Å². The number of amides is 1. The summed E-state index contributed by atoms with van der Waals surface area (Å²) in [4.78, 5) is 13.7. The average Bonchev–Trinajstić information content (AvgIpc) is 3.09. The molecule has 92 valence electrons. The van der Waals surface area contributed by atoms with Gasteiger partial charge < -0.3 is 4.90 Å². The minimum absolute atomic E-state index is 0.0562.